The quantitative estimate of drug-likeness (QED) is 0.611. The van der Waals surface area contributed by atoms with Crippen LogP contribution in [0.25, 0.3) is 0 Å². The minimum Gasteiger partial charge on any atom is -0.330 e. The highest BCUT2D eigenvalue weighted by atomic mass is 32.2. The molecule has 2 N–H and O–H groups in total. The Morgan fingerprint density at radius 1 is 1.28 bits per heavy atom. The Balaban J connectivity index is 2.51. The van der Waals surface area contributed by atoms with Gasteiger partial charge in [0, 0.05) is 11.8 Å². The monoisotopic (exact) mass is 279 g/mol. The van der Waals surface area contributed by atoms with Crippen LogP contribution in [0, 0.1) is 0 Å². The van der Waals surface area contributed by atoms with E-state index in [4.69, 9.17) is 4.55 Å². The third-order valence-electron chi connectivity index (χ3n) is 2.60. The van der Waals surface area contributed by atoms with E-state index in [-0.39, 0.29) is 6.04 Å². The van der Waals surface area contributed by atoms with Crippen LogP contribution in [0.5, 0.6) is 0 Å². The minimum atomic E-state index is -4.28. The normalized spacial score (nSPS) is 13.6. The summed E-state index contributed by atoms with van der Waals surface area (Å²) in [4.78, 5) is 0. The van der Waals surface area contributed by atoms with E-state index < -0.39 is 11.7 Å². The van der Waals surface area contributed by atoms with Crippen molar-refractivity contribution in [3.05, 3.63) is 35.4 Å². The molecule has 0 radical (unpaired) electrons. The lowest BCUT2D eigenvalue weighted by atomic mass is 10.1. The molecule has 0 aliphatic heterocycles. The van der Waals surface area contributed by atoms with Crippen LogP contribution in [0.1, 0.15) is 30.5 Å². The standard InChI is InChI=1S/C12H16F3NOS/c1-9(16-7-2-8-18-17)10-3-5-11(6-4-10)12(13,14)15/h3-6,9,16-17H,2,7-8H2,1H3. The summed E-state index contributed by atoms with van der Waals surface area (Å²) in [6, 6.07) is 5.16. The second-order valence-electron chi connectivity index (χ2n) is 3.98. The van der Waals surface area contributed by atoms with Crippen LogP contribution in [0.4, 0.5) is 13.2 Å². The fourth-order valence-corrected chi connectivity index (χ4v) is 1.81. The highest BCUT2D eigenvalue weighted by Gasteiger charge is 2.30. The van der Waals surface area contributed by atoms with Gasteiger partial charge >= 0.3 is 6.18 Å². The molecular formula is C12H16F3NOS. The average molecular weight is 279 g/mol. The molecule has 0 saturated carbocycles. The Bertz CT molecular complexity index is 353. The van der Waals surface area contributed by atoms with E-state index in [1.807, 2.05) is 6.92 Å². The van der Waals surface area contributed by atoms with E-state index >= 15 is 0 Å². The molecule has 0 bridgehead atoms. The van der Waals surface area contributed by atoms with Gasteiger partial charge in [-0.1, -0.05) is 12.1 Å². The van der Waals surface area contributed by atoms with Crippen LogP contribution in [0.3, 0.4) is 0 Å². The molecule has 0 amide bonds. The van der Waals surface area contributed by atoms with E-state index in [1.165, 1.54) is 12.1 Å². The van der Waals surface area contributed by atoms with Crippen molar-refractivity contribution in [2.45, 2.75) is 25.6 Å². The number of hydrogen-bond acceptors (Lipinski definition) is 3. The highest BCUT2D eigenvalue weighted by Crippen LogP contribution is 2.29. The largest absolute Gasteiger partial charge is 0.416 e. The lowest BCUT2D eigenvalue weighted by Crippen LogP contribution is -2.20. The van der Waals surface area contributed by atoms with E-state index in [2.05, 4.69) is 5.32 Å². The number of alkyl halides is 3. The summed E-state index contributed by atoms with van der Waals surface area (Å²) in [6.07, 6.45) is -3.47. The summed E-state index contributed by atoms with van der Waals surface area (Å²) in [5.74, 6) is 0.646. The van der Waals surface area contributed by atoms with E-state index in [9.17, 15) is 13.2 Å². The van der Waals surface area contributed by atoms with Gasteiger partial charge in [-0.15, -0.1) is 0 Å². The van der Waals surface area contributed by atoms with Crippen molar-refractivity contribution in [3.63, 3.8) is 0 Å². The van der Waals surface area contributed by atoms with Gasteiger partial charge in [0.15, 0.2) is 0 Å². The number of halogens is 3. The average Bonchev–Trinajstić information content (AvgIpc) is 2.33. The first-order valence-corrected chi connectivity index (χ1v) is 6.56. The molecule has 1 aromatic rings. The van der Waals surface area contributed by atoms with Gasteiger partial charge in [-0.25, -0.2) is 0 Å². The molecule has 1 rings (SSSR count). The van der Waals surface area contributed by atoms with Crippen molar-refractivity contribution < 1.29 is 17.7 Å². The van der Waals surface area contributed by atoms with Gasteiger partial charge in [-0.3, -0.25) is 0 Å². The Morgan fingerprint density at radius 2 is 1.89 bits per heavy atom. The summed E-state index contributed by atoms with van der Waals surface area (Å²) >= 11 is 0.789. The number of nitrogens with one attached hydrogen (secondary N) is 1. The van der Waals surface area contributed by atoms with Crippen molar-refractivity contribution in [2.24, 2.45) is 0 Å². The Morgan fingerprint density at radius 3 is 2.39 bits per heavy atom. The second-order valence-corrected chi connectivity index (χ2v) is 4.65. The first-order valence-electron chi connectivity index (χ1n) is 5.62. The van der Waals surface area contributed by atoms with Gasteiger partial charge < -0.3 is 9.87 Å². The highest BCUT2D eigenvalue weighted by molar-refractivity contribution is 7.93. The molecular weight excluding hydrogens is 263 g/mol. The topological polar surface area (TPSA) is 32.3 Å². The zero-order valence-electron chi connectivity index (χ0n) is 10.00. The SMILES string of the molecule is CC(NCCCSO)c1ccc(C(F)(F)F)cc1. The maximum Gasteiger partial charge on any atom is 0.416 e. The lowest BCUT2D eigenvalue weighted by molar-refractivity contribution is -0.137. The van der Waals surface area contributed by atoms with Crippen molar-refractivity contribution in [2.75, 3.05) is 12.3 Å². The molecule has 0 aromatic heterocycles. The first kappa shape index (κ1) is 15.3. The zero-order valence-corrected chi connectivity index (χ0v) is 10.8. The van der Waals surface area contributed by atoms with Gasteiger partial charge in [0.25, 0.3) is 0 Å². The molecule has 18 heavy (non-hydrogen) atoms. The molecule has 0 heterocycles. The van der Waals surface area contributed by atoms with Gasteiger partial charge in [0.1, 0.15) is 0 Å². The molecule has 6 heteroatoms. The van der Waals surface area contributed by atoms with Crippen LogP contribution in [-0.4, -0.2) is 16.9 Å². The third-order valence-corrected chi connectivity index (χ3v) is 3.07. The zero-order chi connectivity index (χ0) is 13.6. The van der Waals surface area contributed by atoms with Crippen LogP contribution in [0.2, 0.25) is 0 Å². The lowest BCUT2D eigenvalue weighted by Gasteiger charge is -2.15. The van der Waals surface area contributed by atoms with E-state index in [0.717, 1.165) is 42.7 Å². The van der Waals surface area contributed by atoms with E-state index in [1.54, 1.807) is 0 Å². The molecule has 102 valence electrons. The molecule has 0 saturated heterocycles. The van der Waals surface area contributed by atoms with Gasteiger partial charge in [0.2, 0.25) is 0 Å². The minimum absolute atomic E-state index is 0.00373. The molecule has 0 aliphatic carbocycles. The van der Waals surface area contributed by atoms with Crippen LogP contribution in [0.15, 0.2) is 24.3 Å². The predicted molar refractivity (Wildman–Crippen MR) is 67.6 cm³/mol. The van der Waals surface area contributed by atoms with Crippen LogP contribution >= 0.6 is 12.0 Å². The summed E-state index contributed by atoms with van der Waals surface area (Å²) in [5, 5.41) is 3.19. The van der Waals surface area contributed by atoms with Gasteiger partial charge in [0.05, 0.1) is 5.56 Å². The van der Waals surface area contributed by atoms with Crippen LogP contribution in [-0.2, 0) is 6.18 Å². The molecule has 0 fully saturated rings. The molecule has 1 aromatic carbocycles. The molecule has 1 unspecified atom stereocenters. The predicted octanol–water partition coefficient (Wildman–Crippen LogP) is 3.95. The third kappa shape index (κ3) is 4.88. The van der Waals surface area contributed by atoms with Crippen molar-refractivity contribution in [3.8, 4) is 0 Å². The van der Waals surface area contributed by atoms with Crippen molar-refractivity contribution >= 4 is 12.0 Å². The first-order chi connectivity index (χ1) is 8.45. The molecule has 0 aliphatic rings. The van der Waals surface area contributed by atoms with Gasteiger partial charge in [-0.2, -0.15) is 13.2 Å². The van der Waals surface area contributed by atoms with Crippen molar-refractivity contribution in [1.29, 1.82) is 0 Å². The molecule has 1 atom stereocenters. The molecule has 0 spiro atoms. The van der Waals surface area contributed by atoms with Crippen LogP contribution < -0.4 is 5.32 Å². The summed E-state index contributed by atoms with van der Waals surface area (Å²) < 4.78 is 45.6. The number of hydrogen-bond donors (Lipinski definition) is 2. The summed E-state index contributed by atoms with van der Waals surface area (Å²) in [5.41, 5.74) is 0.190. The maximum absolute atomic E-state index is 12.4. The fraction of sp³-hybridized carbons (Fsp3) is 0.500. The number of benzene rings is 1. The fourth-order valence-electron chi connectivity index (χ4n) is 1.53. The Kier molecular flexibility index (Phi) is 5.98. The molecule has 2 nitrogen and oxygen atoms in total. The second kappa shape index (κ2) is 7.01. The smallest absolute Gasteiger partial charge is 0.330 e. The maximum atomic E-state index is 12.4. The summed E-state index contributed by atoms with van der Waals surface area (Å²) in [7, 11) is 0. The summed E-state index contributed by atoms with van der Waals surface area (Å²) in [6.45, 7) is 2.62. The Labute approximate surface area is 109 Å². The van der Waals surface area contributed by atoms with E-state index in [0.29, 0.717) is 5.75 Å². The number of rotatable bonds is 6. The van der Waals surface area contributed by atoms with Gasteiger partial charge in [-0.05, 0) is 49.6 Å². The van der Waals surface area contributed by atoms with Crippen molar-refractivity contribution in [1.82, 2.24) is 5.32 Å². The Hall–Kier alpha value is -0.720.